The molecule has 0 saturated carbocycles. The minimum absolute atomic E-state index is 0. The molecule has 0 unspecified atom stereocenters. The number of benzene rings is 2. The second-order valence-corrected chi connectivity index (χ2v) is 9.26. The molecule has 1 N–H and O–H groups in total. The molecule has 0 aliphatic rings. The summed E-state index contributed by atoms with van der Waals surface area (Å²) in [5.41, 5.74) is 0.257. The number of carbonyl (C=O) groups excluding carboxylic acids is 2. The molecule has 0 atom stereocenters. The number of aryl methyl sites for hydroxylation is 1. The number of ether oxygens (including phenoxy) is 2. The van der Waals surface area contributed by atoms with Gasteiger partial charge in [0.25, 0.3) is 20.0 Å². The standard InChI is InChI=1S/C17H17NO8S2.K/c1-11-4-6-14(7-5-11)27(21,22)18-28(23,24)15-9-12(16(19)25-2)8-13(10-15)17(20)26-3;/h4-10,18H,1-3H3;/q;+1. The zero-order valence-corrected chi connectivity index (χ0v) is 20.9. The van der Waals surface area contributed by atoms with Crippen molar-refractivity contribution in [3.63, 3.8) is 0 Å². The monoisotopic (exact) mass is 466 g/mol. The second-order valence-electron chi connectivity index (χ2n) is 5.63. The Morgan fingerprint density at radius 3 is 1.59 bits per heavy atom. The Morgan fingerprint density at radius 2 is 1.17 bits per heavy atom. The van der Waals surface area contributed by atoms with E-state index in [-0.39, 0.29) is 67.4 Å². The van der Waals surface area contributed by atoms with Crippen LogP contribution in [0.4, 0.5) is 0 Å². The van der Waals surface area contributed by atoms with Gasteiger partial charge in [-0.05, 0) is 37.3 Å². The van der Waals surface area contributed by atoms with E-state index in [1.54, 1.807) is 11.1 Å². The van der Waals surface area contributed by atoms with E-state index in [1.165, 1.54) is 24.3 Å². The molecule has 0 amide bonds. The van der Waals surface area contributed by atoms with Gasteiger partial charge in [-0.2, -0.15) is 0 Å². The fourth-order valence-corrected chi connectivity index (χ4v) is 5.17. The minimum Gasteiger partial charge on any atom is -0.465 e. The van der Waals surface area contributed by atoms with Crippen molar-refractivity contribution in [2.45, 2.75) is 16.7 Å². The smallest absolute Gasteiger partial charge is 0.465 e. The van der Waals surface area contributed by atoms with Crippen LogP contribution in [-0.4, -0.2) is 43.0 Å². The van der Waals surface area contributed by atoms with Crippen molar-refractivity contribution in [2.24, 2.45) is 0 Å². The first-order valence-corrected chi connectivity index (χ1v) is 10.6. The molecule has 0 radical (unpaired) electrons. The zero-order valence-electron chi connectivity index (χ0n) is 16.1. The third-order valence-electron chi connectivity index (χ3n) is 3.61. The Hall–Kier alpha value is -1.12. The van der Waals surface area contributed by atoms with Crippen LogP contribution >= 0.6 is 0 Å². The molecule has 9 nitrogen and oxygen atoms in total. The Bertz CT molecular complexity index is 1090. The van der Waals surface area contributed by atoms with Gasteiger partial charge in [-0.3, -0.25) is 0 Å². The van der Waals surface area contributed by atoms with Crippen molar-refractivity contribution >= 4 is 32.0 Å². The predicted octanol–water partition coefficient (Wildman–Crippen LogP) is -1.76. The van der Waals surface area contributed by atoms with Crippen molar-refractivity contribution in [1.29, 1.82) is 0 Å². The van der Waals surface area contributed by atoms with Gasteiger partial charge in [0.1, 0.15) is 0 Å². The average Bonchev–Trinajstić information content (AvgIpc) is 2.65. The van der Waals surface area contributed by atoms with E-state index in [4.69, 9.17) is 0 Å². The van der Waals surface area contributed by atoms with Crippen molar-refractivity contribution < 1.29 is 87.3 Å². The van der Waals surface area contributed by atoms with Crippen LogP contribution in [-0.2, 0) is 29.5 Å². The summed E-state index contributed by atoms with van der Waals surface area (Å²) >= 11 is 0. The van der Waals surface area contributed by atoms with Gasteiger partial charge in [0, 0.05) is 0 Å². The zero-order chi connectivity index (χ0) is 21.1. The summed E-state index contributed by atoms with van der Waals surface area (Å²) in [6, 6.07) is 8.38. The van der Waals surface area contributed by atoms with Gasteiger partial charge in [-0.15, -0.1) is 4.13 Å². The van der Waals surface area contributed by atoms with Gasteiger partial charge < -0.3 is 9.47 Å². The van der Waals surface area contributed by atoms with Crippen molar-refractivity contribution in [3.8, 4) is 0 Å². The Labute approximate surface area is 211 Å². The molecule has 0 bridgehead atoms. The third kappa shape index (κ3) is 6.43. The molecule has 29 heavy (non-hydrogen) atoms. The van der Waals surface area contributed by atoms with E-state index in [1.807, 2.05) is 0 Å². The quantitative estimate of drug-likeness (QED) is 0.391. The van der Waals surface area contributed by atoms with Crippen LogP contribution < -0.4 is 55.5 Å². The predicted molar refractivity (Wildman–Crippen MR) is 97.8 cm³/mol. The summed E-state index contributed by atoms with van der Waals surface area (Å²) in [6.45, 7) is 1.74. The second kappa shape index (κ2) is 10.3. The first-order valence-electron chi connectivity index (χ1n) is 7.67. The maximum absolute atomic E-state index is 12.6. The summed E-state index contributed by atoms with van der Waals surface area (Å²) in [6.07, 6.45) is 0. The average molecular weight is 467 g/mol. The Balaban J connectivity index is 0.00000420. The van der Waals surface area contributed by atoms with Crippen LogP contribution in [0.3, 0.4) is 0 Å². The molecular formula is C17H17KNO8S2+. The number of hydrogen-bond donors (Lipinski definition) is 1. The number of nitrogens with one attached hydrogen (secondary N) is 1. The molecule has 0 heterocycles. The van der Waals surface area contributed by atoms with Gasteiger partial charge in [0.05, 0.1) is 35.1 Å². The third-order valence-corrected chi connectivity index (χ3v) is 7.11. The van der Waals surface area contributed by atoms with Crippen molar-refractivity contribution in [2.75, 3.05) is 14.2 Å². The van der Waals surface area contributed by atoms with Crippen molar-refractivity contribution in [1.82, 2.24) is 4.13 Å². The molecule has 0 aliphatic heterocycles. The summed E-state index contributed by atoms with van der Waals surface area (Å²) in [5, 5.41) is 0. The molecule has 150 valence electrons. The number of carbonyl (C=O) groups is 2. The molecule has 0 aromatic heterocycles. The summed E-state index contributed by atoms with van der Waals surface area (Å²) < 4.78 is 60.7. The van der Waals surface area contributed by atoms with Crippen molar-refractivity contribution in [3.05, 3.63) is 59.2 Å². The molecular weight excluding hydrogens is 449 g/mol. The van der Waals surface area contributed by atoms with Gasteiger partial charge in [0.2, 0.25) is 0 Å². The van der Waals surface area contributed by atoms with E-state index in [2.05, 4.69) is 9.47 Å². The summed E-state index contributed by atoms with van der Waals surface area (Å²) in [7, 11) is -6.95. The van der Waals surface area contributed by atoms with Crippen LogP contribution in [0.1, 0.15) is 26.3 Å². The molecule has 2 aromatic rings. The number of rotatable bonds is 6. The van der Waals surface area contributed by atoms with E-state index < -0.39 is 36.9 Å². The first kappa shape index (κ1) is 25.9. The maximum atomic E-state index is 12.6. The number of esters is 2. The SMILES string of the molecule is COC(=O)c1cc(C(=O)OC)cc(S(=O)(=O)NS(=O)(=O)c2ccc(C)cc2)c1.[K+]. The van der Waals surface area contributed by atoms with E-state index >= 15 is 0 Å². The molecule has 0 spiro atoms. The molecule has 2 aromatic carbocycles. The van der Waals surface area contributed by atoms with Gasteiger partial charge >= 0.3 is 63.3 Å². The van der Waals surface area contributed by atoms with Gasteiger partial charge in [0.15, 0.2) is 0 Å². The fourth-order valence-electron chi connectivity index (χ4n) is 2.18. The number of hydrogen-bond acceptors (Lipinski definition) is 8. The van der Waals surface area contributed by atoms with Gasteiger partial charge in [-0.25, -0.2) is 26.4 Å². The minimum atomic E-state index is -4.66. The molecule has 12 heteroatoms. The molecule has 0 saturated heterocycles. The van der Waals surface area contributed by atoms with E-state index in [0.717, 1.165) is 38.0 Å². The number of methoxy groups -OCH3 is 2. The van der Waals surface area contributed by atoms with Crippen LogP contribution in [0.15, 0.2) is 52.3 Å². The van der Waals surface area contributed by atoms with Crippen LogP contribution in [0.5, 0.6) is 0 Å². The molecule has 0 aliphatic carbocycles. The molecule has 2 rings (SSSR count). The summed E-state index contributed by atoms with van der Waals surface area (Å²) in [5.74, 6) is -1.83. The number of sulfonamides is 2. The Kier molecular flexibility index (Phi) is 9.17. The Morgan fingerprint density at radius 1 is 0.759 bits per heavy atom. The normalized spacial score (nSPS) is 11.3. The summed E-state index contributed by atoms with van der Waals surface area (Å²) in [4.78, 5) is 22.7. The molecule has 0 fully saturated rings. The van der Waals surface area contributed by atoms with E-state index in [0.29, 0.717) is 0 Å². The van der Waals surface area contributed by atoms with Crippen LogP contribution in [0.25, 0.3) is 0 Å². The van der Waals surface area contributed by atoms with Gasteiger partial charge in [-0.1, -0.05) is 17.7 Å². The topological polar surface area (TPSA) is 133 Å². The maximum Gasteiger partial charge on any atom is 1.00 e. The van der Waals surface area contributed by atoms with Crippen LogP contribution in [0.2, 0.25) is 0 Å². The first-order chi connectivity index (χ1) is 13.0. The fraction of sp³-hybridized carbons (Fsp3) is 0.176. The van der Waals surface area contributed by atoms with E-state index in [9.17, 15) is 26.4 Å². The van der Waals surface area contributed by atoms with Crippen LogP contribution in [0, 0.1) is 6.92 Å². The largest absolute Gasteiger partial charge is 1.00 e.